The van der Waals surface area contributed by atoms with E-state index in [9.17, 15) is 4.39 Å². The number of rotatable bonds is 7. The number of benzene rings is 1. The molecule has 2 rings (SSSR count). The maximum Gasteiger partial charge on any atom is 0.193 e. The molecule has 0 unspecified atom stereocenters. The van der Waals surface area contributed by atoms with Crippen LogP contribution in [0.1, 0.15) is 12.8 Å². The maximum absolute atomic E-state index is 12.9. The lowest BCUT2D eigenvalue weighted by Gasteiger charge is -2.43. The first-order valence-corrected chi connectivity index (χ1v) is 9.02. The molecule has 1 aromatic rings. The molecule has 1 aliphatic rings. The summed E-state index contributed by atoms with van der Waals surface area (Å²) in [5.74, 6) is 1.24. The summed E-state index contributed by atoms with van der Waals surface area (Å²) in [6.45, 7) is 3.57. The Bertz CT molecular complexity index is 578. The van der Waals surface area contributed by atoms with E-state index >= 15 is 0 Å². The van der Waals surface area contributed by atoms with E-state index in [1.54, 1.807) is 19.2 Å². The molecular formula is C19H32FIN4O2. The highest BCUT2D eigenvalue weighted by Gasteiger charge is 2.35. The van der Waals surface area contributed by atoms with Gasteiger partial charge in [0.05, 0.1) is 6.54 Å². The first-order valence-electron chi connectivity index (χ1n) is 9.02. The molecule has 0 spiro atoms. The minimum atomic E-state index is -0.262. The van der Waals surface area contributed by atoms with Gasteiger partial charge in [0.15, 0.2) is 5.96 Å². The topological polar surface area (TPSA) is 49.3 Å². The summed E-state index contributed by atoms with van der Waals surface area (Å²) in [5, 5.41) is 3.49. The molecule has 1 fully saturated rings. The number of ether oxygens (including phenoxy) is 2. The van der Waals surface area contributed by atoms with E-state index in [1.807, 2.05) is 11.9 Å². The molecule has 6 nitrogen and oxygen atoms in total. The van der Waals surface area contributed by atoms with Crippen LogP contribution in [-0.4, -0.2) is 82.4 Å². The summed E-state index contributed by atoms with van der Waals surface area (Å²) in [6, 6.07) is 6.06. The van der Waals surface area contributed by atoms with E-state index in [0.29, 0.717) is 18.9 Å². The normalized spacial score (nSPS) is 16.6. The van der Waals surface area contributed by atoms with Crippen molar-refractivity contribution in [2.24, 2.45) is 4.99 Å². The maximum atomic E-state index is 12.9. The number of likely N-dealkylation sites (N-methyl/N-ethyl adjacent to an activating group) is 2. The third-order valence-electron chi connectivity index (χ3n) is 5.03. The second-order valence-electron chi connectivity index (χ2n) is 6.86. The van der Waals surface area contributed by atoms with Crippen LogP contribution in [0.25, 0.3) is 0 Å². The summed E-state index contributed by atoms with van der Waals surface area (Å²) in [5.41, 5.74) is 0.0830. The van der Waals surface area contributed by atoms with Crippen molar-refractivity contribution in [1.29, 1.82) is 0 Å². The fraction of sp³-hybridized carbons (Fsp3) is 0.632. The van der Waals surface area contributed by atoms with Gasteiger partial charge in [-0.05, 0) is 51.2 Å². The van der Waals surface area contributed by atoms with Crippen LogP contribution in [0, 0.1) is 5.82 Å². The number of hydrogen-bond acceptors (Lipinski definition) is 4. The lowest BCUT2D eigenvalue weighted by atomic mass is 9.88. The van der Waals surface area contributed by atoms with Crippen molar-refractivity contribution < 1.29 is 13.9 Å². The van der Waals surface area contributed by atoms with Crippen LogP contribution in [-0.2, 0) is 4.74 Å². The molecule has 0 atom stereocenters. The Kier molecular flexibility index (Phi) is 10.3. The third kappa shape index (κ3) is 7.08. The number of halogens is 2. The largest absolute Gasteiger partial charge is 0.492 e. The van der Waals surface area contributed by atoms with Gasteiger partial charge < -0.3 is 24.6 Å². The van der Waals surface area contributed by atoms with Gasteiger partial charge in [-0.15, -0.1) is 24.0 Å². The van der Waals surface area contributed by atoms with Gasteiger partial charge in [-0.25, -0.2) is 4.39 Å². The van der Waals surface area contributed by atoms with Crippen molar-refractivity contribution in [3.8, 4) is 5.75 Å². The van der Waals surface area contributed by atoms with Crippen molar-refractivity contribution in [1.82, 2.24) is 15.1 Å². The number of nitrogens with zero attached hydrogens (tertiary/aromatic N) is 3. The van der Waals surface area contributed by atoms with Crippen molar-refractivity contribution in [2.75, 3.05) is 61.1 Å². The van der Waals surface area contributed by atoms with E-state index in [-0.39, 0.29) is 35.3 Å². The number of guanidine groups is 1. The Labute approximate surface area is 179 Å². The van der Waals surface area contributed by atoms with Crippen molar-refractivity contribution in [2.45, 2.75) is 18.4 Å². The molecule has 1 N–H and O–H groups in total. The Morgan fingerprint density at radius 3 is 2.41 bits per heavy atom. The number of hydrogen-bond donors (Lipinski definition) is 1. The molecule has 1 aromatic carbocycles. The molecule has 154 valence electrons. The monoisotopic (exact) mass is 494 g/mol. The standard InChI is InChI=1S/C19H31FN4O2.HI/c1-21-18(22-15-19(23(2)3)9-12-25-13-10-19)24(4)11-14-26-17-7-5-16(20)6-8-17;/h5-8H,9-15H2,1-4H3,(H,21,22);1H. The quantitative estimate of drug-likeness (QED) is 0.359. The Hall–Kier alpha value is -1.13. The van der Waals surface area contributed by atoms with Gasteiger partial charge in [0.1, 0.15) is 18.2 Å². The van der Waals surface area contributed by atoms with Gasteiger partial charge in [-0.2, -0.15) is 0 Å². The zero-order valence-corrected chi connectivity index (χ0v) is 19.0. The highest BCUT2D eigenvalue weighted by Crippen LogP contribution is 2.25. The minimum absolute atomic E-state index is 0. The van der Waals surface area contributed by atoms with Gasteiger partial charge in [0.25, 0.3) is 0 Å². The van der Waals surface area contributed by atoms with Crippen molar-refractivity contribution in [3.05, 3.63) is 30.1 Å². The van der Waals surface area contributed by atoms with Crippen LogP contribution >= 0.6 is 24.0 Å². The van der Waals surface area contributed by atoms with E-state index in [1.165, 1.54) is 12.1 Å². The van der Waals surface area contributed by atoms with E-state index in [2.05, 4.69) is 29.3 Å². The Morgan fingerprint density at radius 2 is 1.85 bits per heavy atom. The molecular weight excluding hydrogens is 462 g/mol. The third-order valence-corrected chi connectivity index (χ3v) is 5.03. The molecule has 0 radical (unpaired) electrons. The van der Waals surface area contributed by atoms with Gasteiger partial charge >= 0.3 is 0 Å². The summed E-state index contributed by atoms with van der Waals surface area (Å²) >= 11 is 0. The predicted octanol–water partition coefficient (Wildman–Crippen LogP) is 2.44. The van der Waals surface area contributed by atoms with Gasteiger partial charge in [-0.3, -0.25) is 4.99 Å². The van der Waals surface area contributed by atoms with Crippen LogP contribution in [0.4, 0.5) is 4.39 Å². The summed E-state index contributed by atoms with van der Waals surface area (Å²) in [4.78, 5) is 8.70. The fourth-order valence-electron chi connectivity index (χ4n) is 3.10. The molecule has 0 aliphatic carbocycles. The molecule has 0 amide bonds. The van der Waals surface area contributed by atoms with Crippen LogP contribution < -0.4 is 10.1 Å². The molecule has 0 bridgehead atoms. The molecule has 1 heterocycles. The highest BCUT2D eigenvalue weighted by molar-refractivity contribution is 14.0. The van der Waals surface area contributed by atoms with E-state index in [0.717, 1.165) is 38.6 Å². The van der Waals surface area contributed by atoms with Gasteiger partial charge in [0, 0.05) is 39.4 Å². The van der Waals surface area contributed by atoms with Crippen LogP contribution in [0.3, 0.4) is 0 Å². The van der Waals surface area contributed by atoms with Crippen LogP contribution in [0.5, 0.6) is 5.75 Å². The second kappa shape index (κ2) is 11.7. The lowest BCUT2D eigenvalue weighted by molar-refractivity contribution is -0.00522. The highest BCUT2D eigenvalue weighted by atomic mass is 127. The minimum Gasteiger partial charge on any atom is -0.492 e. The molecule has 0 saturated carbocycles. The zero-order chi connectivity index (χ0) is 19.0. The SMILES string of the molecule is CN=C(NCC1(N(C)C)CCOCC1)N(C)CCOc1ccc(F)cc1.I. The molecule has 0 aromatic heterocycles. The Balaban J connectivity index is 0.00000364. The van der Waals surface area contributed by atoms with Crippen LogP contribution in [0.2, 0.25) is 0 Å². The van der Waals surface area contributed by atoms with Gasteiger partial charge in [0.2, 0.25) is 0 Å². The lowest BCUT2D eigenvalue weighted by Crippen LogP contribution is -2.57. The van der Waals surface area contributed by atoms with E-state index in [4.69, 9.17) is 9.47 Å². The number of nitrogens with one attached hydrogen (secondary N) is 1. The van der Waals surface area contributed by atoms with Crippen LogP contribution in [0.15, 0.2) is 29.3 Å². The first kappa shape index (κ1) is 23.9. The fourth-order valence-corrected chi connectivity index (χ4v) is 3.10. The van der Waals surface area contributed by atoms with Crippen molar-refractivity contribution >= 4 is 29.9 Å². The summed E-state index contributed by atoms with van der Waals surface area (Å²) < 4.78 is 24.1. The average Bonchev–Trinajstić information content (AvgIpc) is 2.64. The van der Waals surface area contributed by atoms with Gasteiger partial charge in [-0.1, -0.05) is 0 Å². The smallest absolute Gasteiger partial charge is 0.193 e. The second-order valence-corrected chi connectivity index (χ2v) is 6.86. The summed E-state index contributed by atoms with van der Waals surface area (Å²) in [6.07, 6.45) is 2.00. The predicted molar refractivity (Wildman–Crippen MR) is 118 cm³/mol. The zero-order valence-electron chi connectivity index (χ0n) is 16.7. The number of aliphatic imine (C=N–C) groups is 1. The summed E-state index contributed by atoms with van der Waals surface area (Å²) in [7, 11) is 8.01. The Morgan fingerprint density at radius 1 is 1.22 bits per heavy atom. The molecule has 1 aliphatic heterocycles. The van der Waals surface area contributed by atoms with E-state index < -0.39 is 0 Å². The molecule has 8 heteroatoms. The molecule has 1 saturated heterocycles. The molecule has 27 heavy (non-hydrogen) atoms. The first-order chi connectivity index (χ1) is 12.5. The van der Waals surface area contributed by atoms with Crippen molar-refractivity contribution in [3.63, 3.8) is 0 Å². The average molecular weight is 494 g/mol.